The minimum absolute atomic E-state index is 0.0892. The maximum absolute atomic E-state index is 13.2. The van der Waals surface area contributed by atoms with Crippen LogP contribution >= 0.6 is 0 Å². The van der Waals surface area contributed by atoms with Gasteiger partial charge in [-0.1, -0.05) is 12.1 Å². The number of carbonyl (C=O) groups excluding carboxylic acids is 1. The third kappa shape index (κ3) is 4.03. The van der Waals surface area contributed by atoms with E-state index in [4.69, 9.17) is 4.74 Å². The molecule has 4 aromatic rings. The Morgan fingerprint density at radius 1 is 0.971 bits per heavy atom. The van der Waals surface area contributed by atoms with Gasteiger partial charge in [-0.15, -0.1) is 10.2 Å². The molecule has 0 spiro atoms. The van der Waals surface area contributed by atoms with Gasteiger partial charge in [-0.2, -0.15) is 5.10 Å². The molecule has 0 aliphatic heterocycles. The van der Waals surface area contributed by atoms with Gasteiger partial charge in [-0.05, 0) is 87.2 Å². The normalized spacial score (nSPS) is 14.0. The molecule has 0 atom stereocenters. The maximum atomic E-state index is 13.2. The van der Waals surface area contributed by atoms with E-state index in [1.165, 1.54) is 12.1 Å². The summed E-state index contributed by atoms with van der Waals surface area (Å²) in [4.78, 5) is 12.9. The average molecular weight is 458 g/mol. The van der Waals surface area contributed by atoms with Gasteiger partial charge in [0.2, 0.25) is 11.8 Å². The average Bonchev–Trinajstić information content (AvgIpc) is 3.61. The van der Waals surface area contributed by atoms with E-state index >= 15 is 0 Å². The van der Waals surface area contributed by atoms with Crippen LogP contribution in [0.25, 0.3) is 5.82 Å². The number of hydrogen-bond donors (Lipinski definition) is 1. The van der Waals surface area contributed by atoms with Crippen molar-refractivity contribution in [3.63, 3.8) is 0 Å². The Bertz CT molecular complexity index is 1340. The molecule has 2 aromatic heterocycles. The molecule has 1 amide bonds. The largest absolute Gasteiger partial charge is 0.438 e. The zero-order chi connectivity index (χ0) is 23.9. The van der Waals surface area contributed by atoms with Gasteiger partial charge in [-0.25, -0.2) is 9.07 Å². The molecule has 1 aliphatic rings. The molecule has 8 heteroatoms. The van der Waals surface area contributed by atoms with Crippen LogP contribution in [-0.4, -0.2) is 25.9 Å². The fraction of sp³-hybridized carbons (Fsp3) is 0.231. The molecular weight excluding hydrogens is 433 g/mol. The second-order valence-corrected chi connectivity index (χ2v) is 8.61. The second-order valence-electron chi connectivity index (χ2n) is 8.61. The predicted octanol–water partition coefficient (Wildman–Crippen LogP) is 5.19. The predicted molar refractivity (Wildman–Crippen MR) is 126 cm³/mol. The van der Waals surface area contributed by atoms with E-state index in [1.807, 2.05) is 20.8 Å². The van der Waals surface area contributed by atoms with E-state index in [2.05, 4.69) is 20.6 Å². The number of ether oxygens (including phenoxy) is 1. The number of amides is 1. The standard InChI is InChI=1S/C26H24FN5O2/c1-16-17(2)31-32(18(16)3)23-12-13-24(30-29-23)34-22-10-8-21(9-11-22)28-25(33)26(14-15-26)19-4-6-20(27)7-5-19/h4-13H,14-15H2,1-3H3,(H,28,33). The van der Waals surface area contributed by atoms with Gasteiger partial charge in [0, 0.05) is 17.4 Å². The molecule has 0 radical (unpaired) electrons. The van der Waals surface area contributed by atoms with Crippen molar-refractivity contribution in [2.75, 3.05) is 5.32 Å². The molecule has 1 saturated carbocycles. The minimum atomic E-state index is -0.579. The van der Waals surface area contributed by atoms with Gasteiger partial charge < -0.3 is 10.1 Å². The number of hydrogen-bond acceptors (Lipinski definition) is 5. The van der Waals surface area contributed by atoms with Gasteiger partial charge in [0.1, 0.15) is 11.6 Å². The van der Waals surface area contributed by atoms with Crippen LogP contribution in [0, 0.1) is 26.6 Å². The van der Waals surface area contributed by atoms with Crippen molar-refractivity contribution in [1.29, 1.82) is 0 Å². The smallest absolute Gasteiger partial charge is 0.238 e. The van der Waals surface area contributed by atoms with Gasteiger partial charge in [-0.3, -0.25) is 4.79 Å². The first-order valence-electron chi connectivity index (χ1n) is 11.1. The van der Waals surface area contributed by atoms with E-state index in [-0.39, 0.29) is 11.7 Å². The Balaban J connectivity index is 1.24. The Kier molecular flexibility index (Phi) is 5.36. The number of anilines is 1. The zero-order valence-electron chi connectivity index (χ0n) is 19.2. The topological polar surface area (TPSA) is 81.9 Å². The fourth-order valence-electron chi connectivity index (χ4n) is 3.94. The molecule has 0 saturated heterocycles. The third-order valence-electron chi connectivity index (χ3n) is 6.41. The van der Waals surface area contributed by atoms with E-state index < -0.39 is 5.41 Å². The van der Waals surface area contributed by atoms with Crippen LogP contribution in [0.1, 0.15) is 35.4 Å². The molecule has 2 aromatic carbocycles. The minimum Gasteiger partial charge on any atom is -0.438 e. The molecular formula is C26H24FN5O2. The molecule has 1 N–H and O–H groups in total. The molecule has 1 fully saturated rings. The number of carbonyl (C=O) groups is 1. The van der Waals surface area contributed by atoms with Crippen LogP contribution in [0.2, 0.25) is 0 Å². The SMILES string of the molecule is Cc1nn(-c2ccc(Oc3ccc(NC(=O)C4(c5ccc(F)cc5)CC4)cc3)nn2)c(C)c1C. The Hall–Kier alpha value is -4.07. The number of aryl methyl sites for hydroxylation is 1. The number of rotatable bonds is 6. The molecule has 5 rings (SSSR count). The first-order chi connectivity index (χ1) is 16.4. The van der Waals surface area contributed by atoms with Crippen molar-refractivity contribution in [2.24, 2.45) is 0 Å². The van der Waals surface area contributed by atoms with Crippen molar-refractivity contribution in [3.8, 4) is 17.4 Å². The lowest BCUT2D eigenvalue weighted by molar-refractivity contribution is -0.118. The van der Waals surface area contributed by atoms with Gasteiger partial charge in [0.05, 0.1) is 11.1 Å². The first-order valence-corrected chi connectivity index (χ1v) is 11.1. The van der Waals surface area contributed by atoms with E-state index in [0.717, 1.165) is 35.4 Å². The van der Waals surface area contributed by atoms with Gasteiger partial charge in [0.15, 0.2) is 5.82 Å². The van der Waals surface area contributed by atoms with Crippen LogP contribution in [0.4, 0.5) is 10.1 Å². The fourth-order valence-corrected chi connectivity index (χ4v) is 3.94. The van der Waals surface area contributed by atoms with Crippen molar-refractivity contribution in [1.82, 2.24) is 20.0 Å². The molecule has 2 heterocycles. The van der Waals surface area contributed by atoms with Crippen LogP contribution in [-0.2, 0) is 10.2 Å². The number of aromatic nitrogens is 4. The molecule has 0 bridgehead atoms. The Morgan fingerprint density at radius 3 is 2.24 bits per heavy atom. The highest BCUT2D eigenvalue weighted by Crippen LogP contribution is 2.49. The highest BCUT2D eigenvalue weighted by Gasteiger charge is 2.51. The number of halogens is 1. The summed E-state index contributed by atoms with van der Waals surface area (Å²) in [6, 6.07) is 16.8. The second kappa shape index (κ2) is 8.37. The zero-order valence-corrected chi connectivity index (χ0v) is 19.2. The third-order valence-corrected chi connectivity index (χ3v) is 6.41. The summed E-state index contributed by atoms with van der Waals surface area (Å²) in [5.41, 5.74) is 4.02. The molecule has 1 aliphatic carbocycles. The summed E-state index contributed by atoms with van der Waals surface area (Å²) in [5.74, 6) is 1.15. The Labute approximate surface area is 196 Å². The lowest BCUT2D eigenvalue weighted by atomic mass is 9.95. The lowest BCUT2D eigenvalue weighted by Crippen LogP contribution is -2.27. The summed E-state index contributed by atoms with van der Waals surface area (Å²) >= 11 is 0. The van der Waals surface area contributed by atoms with E-state index in [9.17, 15) is 9.18 Å². The van der Waals surface area contributed by atoms with E-state index in [1.54, 1.807) is 53.2 Å². The molecule has 34 heavy (non-hydrogen) atoms. The van der Waals surface area contributed by atoms with Gasteiger partial charge in [0.25, 0.3) is 0 Å². The van der Waals surface area contributed by atoms with Crippen molar-refractivity contribution >= 4 is 11.6 Å². The number of nitrogens with one attached hydrogen (secondary N) is 1. The maximum Gasteiger partial charge on any atom is 0.238 e. The summed E-state index contributed by atoms with van der Waals surface area (Å²) < 4.78 is 20.8. The molecule has 7 nitrogen and oxygen atoms in total. The summed E-state index contributed by atoms with van der Waals surface area (Å²) in [6.45, 7) is 5.98. The van der Waals surface area contributed by atoms with E-state index in [0.29, 0.717) is 23.1 Å². The Morgan fingerprint density at radius 2 is 1.68 bits per heavy atom. The number of nitrogens with zero attached hydrogens (tertiary/aromatic N) is 4. The summed E-state index contributed by atoms with van der Waals surface area (Å²) in [5, 5.41) is 15.8. The first kappa shape index (κ1) is 21.8. The van der Waals surface area contributed by atoms with Crippen molar-refractivity contribution in [2.45, 2.75) is 39.0 Å². The van der Waals surface area contributed by atoms with Crippen molar-refractivity contribution < 1.29 is 13.9 Å². The molecule has 172 valence electrons. The van der Waals surface area contributed by atoms with Crippen LogP contribution < -0.4 is 10.1 Å². The van der Waals surface area contributed by atoms with Crippen LogP contribution in [0.3, 0.4) is 0 Å². The summed E-state index contributed by atoms with van der Waals surface area (Å²) in [7, 11) is 0. The highest BCUT2D eigenvalue weighted by atomic mass is 19.1. The lowest BCUT2D eigenvalue weighted by Gasteiger charge is -2.16. The summed E-state index contributed by atoms with van der Waals surface area (Å²) in [6.07, 6.45) is 1.50. The van der Waals surface area contributed by atoms with Crippen LogP contribution in [0.15, 0.2) is 60.7 Å². The van der Waals surface area contributed by atoms with Gasteiger partial charge >= 0.3 is 0 Å². The van der Waals surface area contributed by atoms with Crippen molar-refractivity contribution in [3.05, 3.63) is 89.0 Å². The molecule has 0 unspecified atom stereocenters. The highest BCUT2D eigenvalue weighted by molar-refractivity contribution is 6.01. The quantitative estimate of drug-likeness (QED) is 0.431. The number of benzene rings is 2. The van der Waals surface area contributed by atoms with Crippen LogP contribution in [0.5, 0.6) is 11.6 Å². The monoisotopic (exact) mass is 457 g/mol.